The molecule has 1 unspecified atom stereocenters. The van der Waals surface area contributed by atoms with Crippen LogP contribution >= 0.6 is 0 Å². The highest BCUT2D eigenvalue weighted by Crippen LogP contribution is 2.25. The molecule has 132 valence electrons. The van der Waals surface area contributed by atoms with Crippen LogP contribution in [0, 0.1) is 6.92 Å². The van der Waals surface area contributed by atoms with E-state index in [0.717, 1.165) is 5.69 Å². The summed E-state index contributed by atoms with van der Waals surface area (Å²) < 4.78 is 32.8. The van der Waals surface area contributed by atoms with Crippen molar-refractivity contribution < 1.29 is 17.9 Å². The fraction of sp³-hybridized carbons (Fsp3) is 0.294. The smallest absolute Gasteiger partial charge is 0.248 e. The Morgan fingerprint density at radius 3 is 2.84 bits per heavy atom. The van der Waals surface area contributed by atoms with Crippen LogP contribution in [0.15, 0.2) is 47.5 Å². The third-order valence-electron chi connectivity index (χ3n) is 4.12. The summed E-state index contributed by atoms with van der Waals surface area (Å²) in [6, 6.07) is 9.35. The minimum absolute atomic E-state index is 0.0574. The van der Waals surface area contributed by atoms with E-state index >= 15 is 0 Å². The van der Waals surface area contributed by atoms with Gasteiger partial charge in [-0.3, -0.25) is 9.78 Å². The predicted octanol–water partition coefficient (Wildman–Crippen LogP) is 1.33. The van der Waals surface area contributed by atoms with Crippen LogP contribution in [0.5, 0.6) is 5.75 Å². The van der Waals surface area contributed by atoms with Crippen LogP contribution in [0.2, 0.25) is 0 Å². The van der Waals surface area contributed by atoms with Gasteiger partial charge >= 0.3 is 0 Å². The second-order valence-electron chi connectivity index (χ2n) is 5.87. The number of rotatable bonds is 5. The number of carbonyl (C=O) groups excluding carboxylic acids is 1. The van der Waals surface area contributed by atoms with Gasteiger partial charge < -0.3 is 10.5 Å². The molecule has 1 aliphatic rings. The fourth-order valence-corrected chi connectivity index (χ4v) is 4.28. The van der Waals surface area contributed by atoms with Crippen LogP contribution in [-0.2, 0) is 10.0 Å². The highest BCUT2D eigenvalue weighted by atomic mass is 32.2. The molecule has 2 heterocycles. The maximum Gasteiger partial charge on any atom is 0.248 e. The van der Waals surface area contributed by atoms with Gasteiger partial charge in [-0.15, -0.1) is 0 Å². The summed E-state index contributed by atoms with van der Waals surface area (Å²) in [5.74, 6) is -0.00536. The lowest BCUT2D eigenvalue weighted by Gasteiger charge is -2.18. The molecule has 2 N–H and O–H groups in total. The Hall–Kier alpha value is -2.45. The van der Waals surface area contributed by atoms with Crippen molar-refractivity contribution in [3.63, 3.8) is 0 Å². The van der Waals surface area contributed by atoms with E-state index in [2.05, 4.69) is 4.98 Å². The van der Waals surface area contributed by atoms with E-state index in [0.29, 0.717) is 18.7 Å². The Morgan fingerprint density at radius 2 is 2.12 bits per heavy atom. The van der Waals surface area contributed by atoms with E-state index in [1.165, 1.54) is 28.6 Å². The van der Waals surface area contributed by atoms with E-state index in [1.807, 2.05) is 13.0 Å². The van der Waals surface area contributed by atoms with Crippen molar-refractivity contribution in [1.29, 1.82) is 0 Å². The highest BCUT2D eigenvalue weighted by molar-refractivity contribution is 7.89. The molecule has 25 heavy (non-hydrogen) atoms. The summed E-state index contributed by atoms with van der Waals surface area (Å²) in [6.07, 6.45) is 2.03. The van der Waals surface area contributed by atoms with Gasteiger partial charge in [-0.25, -0.2) is 8.42 Å². The van der Waals surface area contributed by atoms with E-state index in [1.54, 1.807) is 12.3 Å². The van der Waals surface area contributed by atoms with Crippen molar-refractivity contribution >= 4 is 15.9 Å². The SMILES string of the molecule is Cc1ncccc1OC1CCN(S(=O)(=O)c2cccc(C(N)=O)c2)C1. The van der Waals surface area contributed by atoms with Gasteiger partial charge in [0.15, 0.2) is 0 Å². The zero-order valence-electron chi connectivity index (χ0n) is 13.8. The largest absolute Gasteiger partial charge is 0.487 e. The van der Waals surface area contributed by atoms with Gasteiger partial charge in [0.05, 0.1) is 17.1 Å². The number of aromatic nitrogens is 1. The third kappa shape index (κ3) is 3.64. The molecule has 0 spiro atoms. The second-order valence-corrected chi connectivity index (χ2v) is 7.81. The lowest BCUT2D eigenvalue weighted by molar-refractivity contribution is 0.1000. The van der Waals surface area contributed by atoms with Crippen LogP contribution in [-0.4, -0.2) is 42.8 Å². The molecule has 1 aromatic carbocycles. The van der Waals surface area contributed by atoms with Crippen LogP contribution in [0.3, 0.4) is 0 Å². The number of hydrogen-bond donors (Lipinski definition) is 1. The lowest BCUT2D eigenvalue weighted by atomic mass is 10.2. The number of pyridine rings is 1. The number of benzene rings is 1. The van der Waals surface area contributed by atoms with Gasteiger partial charge in [0.1, 0.15) is 11.9 Å². The van der Waals surface area contributed by atoms with Crippen molar-refractivity contribution in [1.82, 2.24) is 9.29 Å². The first kappa shape index (κ1) is 17.4. The Balaban J connectivity index is 1.75. The Bertz CT molecular complexity index is 898. The van der Waals surface area contributed by atoms with Crippen molar-refractivity contribution in [2.45, 2.75) is 24.3 Å². The number of amides is 1. The lowest BCUT2D eigenvalue weighted by Crippen LogP contribution is -2.31. The van der Waals surface area contributed by atoms with E-state index in [9.17, 15) is 13.2 Å². The summed E-state index contributed by atoms with van der Waals surface area (Å²) in [5.41, 5.74) is 6.16. The minimum atomic E-state index is -3.70. The molecule has 3 rings (SSSR count). The average Bonchev–Trinajstić information content (AvgIpc) is 3.06. The average molecular weight is 361 g/mol. The molecule has 7 nitrogen and oxygen atoms in total. The van der Waals surface area contributed by atoms with Gasteiger partial charge in [0, 0.05) is 18.3 Å². The van der Waals surface area contributed by atoms with Crippen molar-refractivity contribution in [2.75, 3.05) is 13.1 Å². The molecule has 2 aromatic rings. The Labute approximate surface area is 146 Å². The number of aryl methyl sites for hydroxylation is 1. The van der Waals surface area contributed by atoms with Crippen molar-refractivity contribution in [3.8, 4) is 5.75 Å². The standard InChI is InChI=1S/C17H19N3O4S/c1-12-16(6-3-8-19-12)24-14-7-9-20(11-14)25(22,23)15-5-2-4-13(10-15)17(18)21/h2-6,8,10,14H,7,9,11H2,1H3,(H2,18,21). The maximum absolute atomic E-state index is 12.8. The van der Waals surface area contributed by atoms with E-state index in [-0.39, 0.29) is 23.1 Å². The quantitative estimate of drug-likeness (QED) is 0.865. The number of nitrogens with zero attached hydrogens (tertiary/aromatic N) is 2. The van der Waals surface area contributed by atoms with Gasteiger partial charge in [-0.2, -0.15) is 4.31 Å². The summed E-state index contributed by atoms with van der Waals surface area (Å²) in [5, 5.41) is 0. The molecule has 0 saturated carbocycles. The summed E-state index contributed by atoms with van der Waals surface area (Å²) in [6.45, 7) is 2.44. The zero-order chi connectivity index (χ0) is 18.0. The zero-order valence-corrected chi connectivity index (χ0v) is 14.6. The molecule has 1 aliphatic heterocycles. The van der Waals surface area contributed by atoms with Crippen molar-refractivity contribution in [2.24, 2.45) is 5.73 Å². The first-order valence-electron chi connectivity index (χ1n) is 7.86. The number of nitrogens with two attached hydrogens (primary N) is 1. The molecule has 1 fully saturated rings. The van der Waals surface area contributed by atoms with Gasteiger partial charge in [-0.05, 0) is 43.7 Å². The van der Waals surface area contributed by atoms with Gasteiger partial charge in [-0.1, -0.05) is 6.07 Å². The van der Waals surface area contributed by atoms with Crippen LogP contribution < -0.4 is 10.5 Å². The van der Waals surface area contributed by atoms with Crippen LogP contribution in [0.4, 0.5) is 0 Å². The minimum Gasteiger partial charge on any atom is -0.487 e. The predicted molar refractivity (Wildman–Crippen MR) is 91.7 cm³/mol. The summed E-state index contributed by atoms with van der Waals surface area (Å²) >= 11 is 0. The molecule has 0 radical (unpaired) electrons. The second kappa shape index (κ2) is 6.81. The fourth-order valence-electron chi connectivity index (χ4n) is 2.74. The third-order valence-corrected chi connectivity index (χ3v) is 5.98. The normalized spacial score (nSPS) is 18.2. The first-order chi connectivity index (χ1) is 11.9. The maximum atomic E-state index is 12.8. The summed E-state index contributed by atoms with van der Waals surface area (Å²) in [4.78, 5) is 15.5. The first-order valence-corrected chi connectivity index (χ1v) is 9.30. The molecule has 8 heteroatoms. The topological polar surface area (TPSA) is 103 Å². The molecule has 0 bridgehead atoms. The number of hydrogen-bond acceptors (Lipinski definition) is 5. The highest BCUT2D eigenvalue weighted by Gasteiger charge is 2.34. The number of ether oxygens (including phenoxy) is 1. The molecular weight excluding hydrogens is 342 g/mol. The van der Waals surface area contributed by atoms with E-state index in [4.69, 9.17) is 10.5 Å². The number of sulfonamides is 1. The van der Waals surface area contributed by atoms with Gasteiger partial charge in [0.25, 0.3) is 0 Å². The van der Waals surface area contributed by atoms with E-state index < -0.39 is 15.9 Å². The van der Waals surface area contributed by atoms with Crippen molar-refractivity contribution in [3.05, 3.63) is 53.9 Å². The Kier molecular flexibility index (Phi) is 4.73. The molecule has 1 aromatic heterocycles. The van der Waals surface area contributed by atoms with Gasteiger partial charge in [0.2, 0.25) is 15.9 Å². The molecule has 1 saturated heterocycles. The van der Waals surface area contributed by atoms with Crippen LogP contribution in [0.1, 0.15) is 22.5 Å². The summed E-state index contributed by atoms with van der Waals surface area (Å²) in [7, 11) is -3.70. The number of primary amides is 1. The molecular formula is C17H19N3O4S. The molecule has 1 amide bonds. The number of carbonyl (C=O) groups is 1. The monoisotopic (exact) mass is 361 g/mol. The van der Waals surface area contributed by atoms with Crippen LogP contribution in [0.25, 0.3) is 0 Å². The molecule has 1 atom stereocenters. The molecule has 0 aliphatic carbocycles. The Morgan fingerprint density at radius 1 is 1.32 bits per heavy atom.